The van der Waals surface area contributed by atoms with Gasteiger partial charge in [0.1, 0.15) is 11.7 Å². The molecule has 0 aliphatic heterocycles. The molecule has 0 saturated carbocycles. The van der Waals surface area contributed by atoms with E-state index < -0.39 is 17.5 Å². The van der Waals surface area contributed by atoms with Crippen LogP contribution < -0.4 is 10.6 Å². The Kier molecular flexibility index (Phi) is 5.93. The number of allylic oxidation sites excluding steroid dienone is 2. The summed E-state index contributed by atoms with van der Waals surface area (Å²) < 4.78 is 13.7. The summed E-state index contributed by atoms with van der Waals surface area (Å²) in [6.45, 7) is 5.41. The molecule has 150 valence electrons. The van der Waals surface area contributed by atoms with Gasteiger partial charge < -0.3 is 15.7 Å². The number of hydrogen-bond acceptors (Lipinski definition) is 6. The highest BCUT2D eigenvalue weighted by atomic mass is 35.5. The molecule has 0 aliphatic carbocycles. The van der Waals surface area contributed by atoms with Crippen LogP contribution in [0.15, 0.2) is 48.8 Å². The number of carboxylic acid groups (broad SMARTS) is 1. The van der Waals surface area contributed by atoms with E-state index in [1.807, 2.05) is 0 Å². The molecule has 2 aromatic heterocycles. The minimum Gasteiger partial charge on any atom is -0.478 e. The molecule has 3 rings (SSSR count). The lowest BCUT2D eigenvalue weighted by Gasteiger charge is -2.12. The van der Waals surface area contributed by atoms with E-state index in [2.05, 4.69) is 32.2 Å². The first-order chi connectivity index (χ1) is 13.8. The van der Waals surface area contributed by atoms with E-state index in [0.717, 1.165) is 0 Å². The van der Waals surface area contributed by atoms with Crippen LogP contribution in [-0.2, 0) is 0 Å². The van der Waals surface area contributed by atoms with Crippen molar-refractivity contribution in [1.82, 2.24) is 15.0 Å². The highest BCUT2D eigenvalue weighted by molar-refractivity contribution is 6.20. The van der Waals surface area contributed by atoms with Gasteiger partial charge in [-0.2, -0.15) is 0 Å². The Bertz CT molecular complexity index is 1130. The Morgan fingerprint density at radius 2 is 2.10 bits per heavy atom. The highest BCUT2D eigenvalue weighted by Crippen LogP contribution is 2.29. The molecule has 3 aromatic rings. The maximum absolute atomic E-state index is 13.7. The second kappa shape index (κ2) is 8.40. The summed E-state index contributed by atoms with van der Waals surface area (Å²) in [4.78, 5) is 24.5. The lowest BCUT2D eigenvalue weighted by molar-refractivity contribution is 0.0697. The molecular formula is C20H19ClFN5O2. The molecule has 2 atom stereocenters. The molecule has 2 heterocycles. The fraction of sp³-hybridized carbons (Fsp3) is 0.200. The molecule has 0 saturated heterocycles. The summed E-state index contributed by atoms with van der Waals surface area (Å²) in [5.74, 6) is -0.315. The normalized spacial score (nSPS) is 13.5. The Hall–Kier alpha value is -3.26. The van der Waals surface area contributed by atoms with E-state index >= 15 is 0 Å². The Morgan fingerprint density at radius 1 is 1.34 bits per heavy atom. The third kappa shape index (κ3) is 4.43. The number of aromatic nitrogens is 3. The summed E-state index contributed by atoms with van der Waals surface area (Å²) in [5, 5.41) is 15.9. The van der Waals surface area contributed by atoms with Crippen LogP contribution in [0.1, 0.15) is 17.3 Å². The lowest BCUT2D eigenvalue weighted by atomic mass is 10.1. The zero-order chi connectivity index (χ0) is 21.1. The van der Waals surface area contributed by atoms with Gasteiger partial charge in [-0.15, -0.1) is 11.6 Å². The van der Waals surface area contributed by atoms with Crippen LogP contribution in [0, 0.1) is 0 Å². The first-order valence-electron chi connectivity index (χ1n) is 8.74. The van der Waals surface area contributed by atoms with Gasteiger partial charge in [-0.05, 0) is 31.2 Å². The van der Waals surface area contributed by atoms with Gasteiger partial charge >= 0.3 is 5.97 Å². The van der Waals surface area contributed by atoms with Crippen molar-refractivity contribution in [2.75, 3.05) is 17.7 Å². The minimum atomic E-state index is -1.33. The number of benzene rings is 1. The summed E-state index contributed by atoms with van der Waals surface area (Å²) in [6, 6.07) is 4.64. The summed E-state index contributed by atoms with van der Waals surface area (Å²) in [5.41, 5.74) is 1.45. The average Bonchev–Trinajstić information content (AvgIpc) is 2.71. The predicted octanol–water partition coefficient (Wildman–Crippen LogP) is 4.37. The van der Waals surface area contributed by atoms with E-state index in [9.17, 15) is 14.3 Å². The number of nitrogens with one attached hydrogen (secondary N) is 2. The van der Waals surface area contributed by atoms with Crippen LogP contribution in [0.2, 0.25) is 0 Å². The van der Waals surface area contributed by atoms with Crippen molar-refractivity contribution in [1.29, 1.82) is 0 Å². The van der Waals surface area contributed by atoms with Gasteiger partial charge in [0.25, 0.3) is 0 Å². The summed E-state index contributed by atoms with van der Waals surface area (Å²) in [7, 11) is 1.69. The van der Waals surface area contributed by atoms with Crippen molar-refractivity contribution in [2.45, 2.75) is 18.5 Å². The SMILES string of the molecule is C=C(/C=C\C(F)C(C)Cl)Nc1nc2cc(C(=O)O)ccc2c2cnc(NC)nc12. The van der Waals surface area contributed by atoms with Gasteiger partial charge in [0.2, 0.25) is 5.95 Å². The second-order valence-electron chi connectivity index (χ2n) is 6.33. The van der Waals surface area contributed by atoms with E-state index in [4.69, 9.17) is 11.6 Å². The number of aromatic carboxylic acids is 1. The monoisotopic (exact) mass is 415 g/mol. The van der Waals surface area contributed by atoms with Gasteiger partial charge in [0, 0.05) is 29.7 Å². The number of anilines is 2. The number of halogens is 2. The number of carbonyl (C=O) groups is 1. The van der Waals surface area contributed by atoms with Crippen molar-refractivity contribution in [2.24, 2.45) is 0 Å². The van der Waals surface area contributed by atoms with Crippen LogP contribution in [0.4, 0.5) is 16.2 Å². The molecule has 0 aliphatic rings. The van der Waals surface area contributed by atoms with Crippen molar-refractivity contribution in [3.8, 4) is 0 Å². The molecule has 2 unspecified atom stereocenters. The van der Waals surface area contributed by atoms with Crippen molar-refractivity contribution >= 4 is 51.1 Å². The smallest absolute Gasteiger partial charge is 0.335 e. The first-order valence-corrected chi connectivity index (χ1v) is 9.17. The van der Waals surface area contributed by atoms with E-state index in [1.54, 1.807) is 26.2 Å². The average molecular weight is 416 g/mol. The number of rotatable bonds is 7. The Morgan fingerprint density at radius 3 is 2.76 bits per heavy atom. The quantitative estimate of drug-likeness (QED) is 0.299. The second-order valence-corrected chi connectivity index (χ2v) is 7.02. The van der Waals surface area contributed by atoms with Crippen LogP contribution in [-0.4, -0.2) is 44.6 Å². The Labute approximate surface area is 171 Å². The molecule has 0 spiro atoms. The fourth-order valence-electron chi connectivity index (χ4n) is 2.68. The number of nitrogens with zero attached hydrogens (tertiary/aromatic N) is 3. The molecule has 0 bridgehead atoms. The number of carboxylic acids is 1. The maximum Gasteiger partial charge on any atom is 0.335 e. The third-order valence-electron chi connectivity index (χ3n) is 4.20. The van der Waals surface area contributed by atoms with Crippen LogP contribution in [0.3, 0.4) is 0 Å². The number of hydrogen-bond donors (Lipinski definition) is 3. The van der Waals surface area contributed by atoms with Crippen LogP contribution in [0.25, 0.3) is 21.8 Å². The summed E-state index contributed by atoms with van der Waals surface area (Å²) in [6.07, 6.45) is 3.07. The lowest BCUT2D eigenvalue weighted by Crippen LogP contribution is -2.09. The standard InChI is InChI=1S/C20H19ClFN5O2/c1-10(4-7-15(22)11(2)21)25-18-17-14(9-24-20(23-3)27-17)13-6-5-12(19(28)29)8-16(13)26-18/h4-9,11,15H,1H2,2-3H3,(H,25,26)(H,28,29)(H,23,24,27)/b7-4-. The third-order valence-corrected chi connectivity index (χ3v) is 4.44. The van der Waals surface area contributed by atoms with Crippen molar-refractivity contribution in [3.63, 3.8) is 0 Å². The van der Waals surface area contributed by atoms with Crippen LogP contribution >= 0.6 is 11.6 Å². The molecular weight excluding hydrogens is 397 g/mol. The number of alkyl halides is 2. The molecule has 0 fully saturated rings. The summed E-state index contributed by atoms with van der Waals surface area (Å²) >= 11 is 5.73. The predicted molar refractivity (Wildman–Crippen MR) is 113 cm³/mol. The van der Waals surface area contributed by atoms with Crippen molar-refractivity contribution in [3.05, 3.63) is 54.4 Å². The minimum absolute atomic E-state index is 0.109. The molecule has 1 aromatic carbocycles. The maximum atomic E-state index is 13.7. The molecule has 29 heavy (non-hydrogen) atoms. The fourth-order valence-corrected chi connectivity index (χ4v) is 2.76. The Balaban J connectivity index is 2.11. The molecule has 9 heteroatoms. The van der Waals surface area contributed by atoms with Gasteiger partial charge in [0.15, 0.2) is 5.82 Å². The molecule has 0 radical (unpaired) electrons. The first kappa shape index (κ1) is 20.5. The van der Waals surface area contributed by atoms with Gasteiger partial charge in [0.05, 0.1) is 16.5 Å². The van der Waals surface area contributed by atoms with Gasteiger partial charge in [-0.25, -0.2) is 24.1 Å². The van der Waals surface area contributed by atoms with E-state index in [1.165, 1.54) is 24.3 Å². The van der Waals surface area contributed by atoms with Crippen LogP contribution in [0.5, 0.6) is 0 Å². The topological polar surface area (TPSA) is 100 Å². The zero-order valence-electron chi connectivity index (χ0n) is 15.8. The number of fused-ring (bicyclic) bond motifs is 3. The van der Waals surface area contributed by atoms with E-state index in [-0.39, 0.29) is 5.56 Å². The number of pyridine rings is 1. The van der Waals surface area contributed by atoms with E-state index in [0.29, 0.717) is 39.3 Å². The van der Waals surface area contributed by atoms with Crippen molar-refractivity contribution < 1.29 is 14.3 Å². The van der Waals surface area contributed by atoms with Gasteiger partial charge in [-0.3, -0.25) is 0 Å². The molecule has 3 N–H and O–H groups in total. The zero-order valence-corrected chi connectivity index (χ0v) is 16.5. The van der Waals surface area contributed by atoms with Gasteiger partial charge in [-0.1, -0.05) is 12.6 Å². The highest BCUT2D eigenvalue weighted by Gasteiger charge is 2.14. The molecule has 0 amide bonds. The largest absolute Gasteiger partial charge is 0.478 e. The molecule has 7 nitrogen and oxygen atoms in total.